The van der Waals surface area contributed by atoms with E-state index in [1.165, 1.54) is 0 Å². The highest BCUT2D eigenvalue weighted by molar-refractivity contribution is 5.89. The fraction of sp³-hybridized carbons (Fsp3) is 0.411. The van der Waals surface area contributed by atoms with Crippen molar-refractivity contribution >= 4 is 5.97 Å². The van der Waals surface area contributed by atoms with E-state index >= 15 is 4.79 Å². The maximum Gasteiger partial charge on any atom is 0.338 e. The Kier molecular flexibility index (Phi) is 21.3. The van der Waals surface area contributed by atoms with Gasteiger partial charge in [0.1, 0.15) is 79.3 Å². The first-order valence-corrected chi connectivity index (χ1v) is 32.4. The zero-order valence-electron chi connectivity index (χ0n) is 52.3. The second-order valence-corrected chi connectivity index (χ2v) is 24.4. The molecule has 0 amide bonds. The van der Waals surface area contributed by atoms with Crippen LogP contribution in [0, 0.1) is 0 Å². The van der Waals surface area contributed by atoms with E-state index in [0.717, 1.165) is 16.7 Å². The number of nitrogens with zero attached hydrogens (tertiary/aromatic N) is 3. The van der Waals surface area contributed by atoms with Crippen molar-refractivity contribution in [1.29, 1.82) is 0 Å². The Morgan fingerprint density at radius 2 is 0.823 bits per heavy atom. The molecule has 0 saturated carbocycles. The van der Waals surface area contributed by atoms with E-state index < -0.39 is 148 Å². The van der Waals surface area contributed by atoms with Crippen LogP contribution in [-0.2, 0) is 100 Å². The number of ether oxygens (including phenoxy) is 17. The number of carbonyl (C=O) groups is 1. The van der Waals surface area contributed by atoms with Crippen LogP contribution in [-0.4, -0.2) is 159 Å². The van der Waals surface area contributed by atoms with E-state index in [4.69, 9.17) is 80.5 Å². The molecular weight excluding hydrogens is 1240 g/mol. The molecule has 23 atom stereocenters. The van der Waals surface area contributed by atoms with Crippen LogP contribution in [0.5, 0.6) is 0 Å². The molecule has 7 aliphatic rings. The predicted molar refractivity (Wildman–Crippen MR) is 337 cm³/mol. The van der Waals surface area contributed by atoms with Crippen LogP contribution in [0.3, 0.4) is 0 Å². The Morgan fingerprint density at radius 1 is 0.438 bits per heavy atom. The number of fused-ring (bicyclic) bond motifs is 3. The highest BCUT2D eigenvalue weighted by Crippen LogP contribution is 2.45. The Labute approximate surface area is 554 Å². The summed E-state index contributed by atoms with van der Waals surface area (Å²) in [6.07, 6.45) is -26.9. The van der Waals surface area contributed by atoms with Crippen LogP contribution in [0.4, 0.5) is 0 Å². The molecule has 7 aromatic carbocycles. The lowest BCUT2D eigenvalue weighted by Crippen LogP contribution is -2.70. The Bertz CT molecular complexity index is 3620. The van der Waals surface area contributed by atoms with Gasteiger partial charge < -0.3 is 90.7 Å². The van der Waals surface area contributed by atoms with Crippen molar-refractivity contribution in [3.05, 3.63) is 262 Å². The first-order valence-electron chi connectivity index (χ1n) is 32.4. The summed E-state index contributed by atoms with van der Waals surface area (Å²) in [5.74, 6) is -0.737. The lowest BCUT2D eigenvalue weighted by Gasteiger charge is -2.54. The van der Waals surface area contributed by atoms with Crippen molar-refractivity contribution in [3.63, 3.8) is 0 Å². The number of azide groups is 1. The average Bonchev–Trinajstić information content (AvgIpc) is 0.754. The summed E-state index contributed by atoms with van der Waals surface area (Å²) in [6, 6.07) is 63.8. The van der Waals surface area contributed by atoms with Gasteiger partial charge in [0.15, 0.2) is 56.2 Å². The number of aliphatic hydroxyl groups is 2. The van der Waals surface area contributed by atoms with Gasteiger partial charge in [-0.3, -0.25) is 0 Å². The molecule has 14 rings (SSSR count). The van der Waals surface area contributed by atoms with Gasteiger partial charge in [-0.25, -0.2) is 4.79 Å². The van der Waals surface area contributed by atoms with Crippen LogP contribution >= 0.6 is 0 Å². The van der Waals surface area contributed by atoms with Crippen molar-refractivity contribution in [2.75, 3.05) is 19.8 Å². The summed E-state index contributed by atoms with van der Waals surface area (Å²) in [7, 11) is 0. The van der Waals surface area contributed by atoms with Crippen molar-refractivity contribution in [2.45, 2.75) is 168 Å². The number of esters is 1. The summed E-state index contributed by atoms with van der Waals surface area (Å²) in [4.78, 5) is 18.4. The number of hydrogen-bond acceptors (Lipinski definition) is 21. The number of benzene rings is 7. The first kappa shape index (κ1) is 65.9. The zero-order chi connectivity index (χ0) is 65.3. The van der Waals surface area contributed by atoms with Gasteiger partial charge in [-0.15, -0.1) is 0 Å². The number of carbonyl (C=O) groups excluding carboxylic acids is 1. The standard InChI is InChI=1S/C73H75N3O20/c1-43-56(80-37-44-23-9-2-10-24-44)62(81-38-45-25-11-3-12-26-45)64(82-39-46-27-13-4-14-28-46)72(86-43)96-65-63(90-66(78)47-29-15-5-16-30-47)59-53(42-85-70(93-59)50-35-21-8-22-36-50)89-73(65)94-60-54(75-76-74)71(88-52-41-84-68(91-57(52)60)48-31-17-6-18-32-48)95-61-55(77)67(79)87-51-40-83-69(92-58(51)61)49-33-19-7-20-34-49/h2-36,43,51-65,67-73,77,79H,37-42H2,1H3/t43-,51+,52+,53+,54+,55+,56+,57-,58-,59-,60+,61+,62+,63-,64-,65+,67?,68-,69-,70-,71-,72-,73-/m0/s1. The van der Waals surface area contributed by atoms with Crippen LogP contribution < -0.4 is 0 Å². The molecule has 7 fully saturated rings. The minimum absolute atomic E-state index is 0.0564. The van der Waals surface area contributed by atoms with Crippen LogP contribution in [0.15, 0.2) is 217 Å². The summed E-state index contributed by atoms with van der Waals surface area (Å²) >= 11 is 0. The van der Waals surface area contributed by atoms with Crippen LogP contribution in [0.2, 0.25) is 0 Å². The fourth-order valence-electron chi connectivity index (χ4n) is 13.2. The molecule has 23 heteroatoms. The normalized spacial score (nSPS) is 35.0. The molecule has 7 heterocycles. The van der Waals surface area contributed by atoms with Crippen molar-refractivity contribution < 1.29 is 95.5 Å². The summed E-state index contributed by atoms with van der Waals surface area (Å²) in [5, 5.41) is 27.6. The summed E-state index contributed by atoms with van der Waals surface area (Å²) < 4.78 is 116. The SMILES string of the molecule is C[C@@H]1O[C@@H](O[C@H]2[C@H](O[C@@H]3[C@@H](N=[N+]=[N-])[C@H](O[C@H]4[C@H]5O[C@@H](c6ccccc6)OC[C@H]5OC(O)[C@@H]4O)O[C@@H]4CO[C@H](c5ccccc5)O[C@H]34)O[C@@H]3CO[C@H](c4ccccc4)O[C@@H]3[C@@H]2OC(=O)c2ccccc2)[C@@H](OCc2ccccc2)[C@H](OCc2ccccc2)[C@@H]1OCc1ccccc1. The van der Waals surface area contributed by atoms with Crippen LogP contribution in [0.25, 0.3) is 10.4 Å². The maximum atomic E-state index is 15.0. The highest BCUT2D eigenvalue weighted by atomic mass is 16.8. The van der Waals surface area contributed by atoms with Gasteiger partial charge in [-0.2, -0.15) is 0 Å². The lowest BCUT2D eigenvalue weighted by atomic mass is 9.93. The molecule has 0 radical (unpaired) electrons. The van der Waals surface area contributed by atoms with Gasteiger partial charge in [0.25, 0.3) is 0 Å². The molecular formula is C73H75N3O20. The minimum Gasteiger partial charge on any atom is -0.453 e. The molecule has 2 N–H and O–H groups in total. The highest BCUT2D eigenvalue weighted by Gasteiger charge is 2.61. The number of hydrogen-bond donors (Lipinski definition) is 2. The van der Waals surface area contributed by atoms with Crippen molar-refractivity contribution in [2.24, 2.45) is 5.11 Å². The van der Waals surface area contributed by atoms with E-state index in [1.54, 1.807) is 30.3 Å². The molecule has 0 aliphatic carbocycles. The van der Waals surface area contributed by atoms with Crippen molar-refractivity contribution in [3.8, 4) is 0 Å². The second kappa shape index (κ2) is 31.0. The third kappa shape index (κ3) is 15.0. The smallest absolute Gasteiger partial charge is 0.338 e. The largest absolute Gasteiger partial charge is 0.453 e. The molecule has 7 aliphatic heterocycles. The molecule has 0 spiro atoms. The molecule has 7 aromatic rings. The lowest BCUT2D eigenvalue weighted by molar-refractivity contribution is -0.419. The summed E-state index contributed by atoms with van der Waals surface area (Å²) in [6.45, 7) is 1.96. The van der Waals surface area contributed by atoms with Crippen molar-refractivity contribution in [1.82, 2.24) is 0 Å². The Hall–Kier alpha value is -7.40. The molecule has 96 heavy (non-hydrogen) atoms. The Balaban J connectivity index is 0.873. The number of aliphatic hydroxyl groups excluding tert-OH is 2. The predicted octanol–water partition coefficient (Wildman–Crippen LogP) is 9.42. The summed E-state index contributed by atoms with van der Waals surface area (Å²) in [5.41, 5.74) is 15.6. The topological polar surface area (TPSA) is 263 Å². The van der Waals surface area contributed by atoms with E-state index in [2.05, 4.69) is 10.0 Å². The quantitative estimate of drug-likeness (QED) is 0.0294. The molecule has 7 saturated heterocycles. The third-order valence-electron chi connectivity index (χ3n) is 18.0. The third-order valence-corrected chi connectivity index (χ3v) is 18.0. The molecule has 0 bridgehead atoms. The van der Waals surface area contributed by atoms with Gasteiger partial charge in [0.05, 0.1) is 51.3 Å². The van der Waals surface area contributed by atoms with E-state index in [-0.39, 0.29) is 45.2 Å². The van der Waals surface area contributed by atoms with Gasteiger partial charge in [0, 0.05) is 21.6 Å². The zero-order valence-corrected chi connectivity index (χ0v) is 52.3. The second-order valence-electron chi connectivity index (χ2n) is 24.4. The van der Waals surface area contributed by atoms with E-state index in [0.29, 0.717) is 16.7 Å². The molecule has 1 unspecified atom stereocenters. The van der Waals surface area contributed by atoms with E-state index in [1.807, 2.05) is 189 Å². The maximum absolute atomic E-state index is 15.0. The molecule has 23 nitrogen and oxygen atoms in total. The Morgan fingerprint density at radius 3 is 1.31 bits per heavy atom. The first-order chi connectivity index (χ1) is 47.2. The fourth-order valence-corrected chi connectivity index (χ4v) is 13.2. The van der Waals surface area contributed by atoms with Gasteiger partial charge in [0.2, 0.25) is 0 Å². The average molecular weight is 1310 g/mol. The number of rotatable bonds is 21. The van der Waals surface area contributed by atoms with E-state index in [9.17, 15) is 15.7 Å². The van der Waals surface area contributed by atoms with Gasteiger partial charge in [-0.05, 0) is 41.3 Å². The minimum atomic E-state index is -1.77. The van der Waals surface area contributed by atoms with Gasteiger partial charge >= 0.3 is 5.97 Å². The monoisotopic (exact) mass is 1310 g/mol. The molecule has 0 aromatic heterocycles. The van der Waals surface area contributed by atoms with Gasteiger partial charge in [-0.1, -0.05) is 205 Å². The van der Waals surface area contributed by atoms with Crippen LogP contribution in [0.1, 0.15) is 69.5 Å². The molecule has 502 valence electrons.